The summed E-state index contributed by atoms with van der Waals surface area (Å²) < 4.78 is 11.1. The van der Waals surface area contributed by atoms with Gasteiger partial charge in [0.05, 0.1) is 18.2 Å². The van der Waals surface area contributed by atoms with Crippen molar-refractivity contribution in [1.29, 1.82) is 0 Å². The molecule has 1 amide bonds. The van der Waals surface area contributed by atoms with Crippen LogP contribution in [0.3, 0.4) is 0 Å². The van der Waals surface area contributed by atoms with Crippen LogP contribution in [0.25, 0.3) is 10.1 Å². The lowest BCUT2D eigenvalue weighted by molar-refractivity contribution is -0.120. The molecule has 2 atom stereocenters. The number of hydrogen-bond donors (Lipinski definition) is 1. The summed E-state index contributed by atoms with van der Waals surface area (Å²) in [6.45, 7) is 10.0. The molecule has 1 aliphatic carbocycles. The molecule has 172 valence electrons. The monoisotopic (exact) mass is 462 g/mol. The Morgan fingerprint density at radius 1 is 1.12 bits per heavy atom. The number of benzene rings is 2. The maximum Gasteiger partial charge on any atom is 0.224 e. The minimum Gasteiger partial charge on any atom is -0.497 e. The van der Waals surface area contributed by atoms with Gasteiger partial charge in [-0.1, -0.05) is 36.4 Å². The van der Waals surface area contributed by atoms with Crippen molar-refractivity contribution in [2.24, 2.45) is 11.8 Å². The molecular formula is C26H30N4O2S. The number of hydrogen-bond acceptors (Lipinski definition) is 6. The molecule has 1 saturated carbocycles. The summed E-state index contributed by atoms with van der Waals surface area (Å²) in [6.07, 6.45) is 0.390. The standard InChI is InChI=1S/C26H30N4O2S/c1-18-22(16-27-25(31)15-19-7-9-20(32-2)10-8-19)23(18)17-29-11-13-30(14-12-29)26-21-5-3-4-6-24(21)33-28-26/h3-10,22-23H,1,11-17H2,2H3,(H,27,31)/t22-,23-/m0/s1. The first kappa shape index (κ1) is 21.9. The number of anilines is 1. The summed E-state index contributed by atoms with van der Waals surface area (Å²) in [5.74, 6) is 2.87. The fraction of sp³-hybridized carbons (Fsp3) is 0.385. The van der Waals surface area contributed by atoms with Crippen molar-refractivity contribution >= 4 is 33.3 Å². The Bertz CT molecular complexity index is 1130. The first-order chi connectivity index (χ1) is 16.1. The molecule has 1 N–H and O–H groups in total. The second-order valence-corrected chi connectivity index (χ2v) is 9.71. The minimum absolute atomic E-state index is 0.0581. The topological polar surface area (TPSA) is 57.7 Å². The Hall–Kier alpha value is -2.90. The van der Waals surface area contributed by atoms with E-state index in [4.69, 9.17) is 9.11 Å². The molecule has 2 aliphatic rings. The average molecular weight is 463 g/mol. The molecular weight excluding hydrogens is 432 g/mol. The number of fused-ring (bicyclic) bond motifs is 1. The Labute approximate surface area is 199 Å². The second kappa shape index (κ2) is 9.53. The van der Waals surface area contributed by atoms with E-state index in [1.165, 1.54) is 15.7 Å². The zero-order valence-electron chi connectivity index (χ0n) is 19.0. The number of carbonyl (C=O) groups is 1. The van der Waals surface area contributed by atoms with Gasteiger partial charge in [0.25, 0.3) is 0 Å². The molecule has 3 aromatic rings. The van der Waals surface area contributed by atoms with Crippen LogP contribution in [0.5, 0.6) is 5.75 Å². The third-order valence-corrected chi connectivity index (χ3v) is 7.67. The van der Waals surface area contributed by atoms with Gasteiger partial charge in [-0.2, -0.15) is 4.37 Å². The third kappa shape index (κ3) is 4.89. The van der Waals surface area contributed by atoms with Crippen LogP contribution in [0.15, 0.2) is 60.7 Å². The smallest absolute Gasteiger partial charge is 0.224 e. The van der Waals surface area contributed by atoms with Gasteiger partial charge in [0.1, 0.15) is 11.6 Å². The number of rotatable bonds is 8. The molecule has 6 nitrogen and oxygen atoms in total. The zero-order valence-corrected chi connectivity index (χ0v) is 19.8. The van der Waals surface area contributed by atoms with Crippen molar-refractivity contribution in [3.63, 3.8) is 0 Å². The number of nitrogens with zero attached hydrogens (tertiary/aromatic N) is 3. The van der Waals surface area contributed by atoms with Crippen molar-refractivity contribution in [3.05, 3.63) is 66.2 Å². The van der Waals surface area contributed by atoms with Gasteiger partial charge < -0.3 is 15.0 Å². The average Bonchev–Trinajstić information content (AvgIpc) is 3.25. The molecule has 0 radical (unpaired) electrons. The molecule has 1 saturated heterocycles. The van der Waals surface area contributed by atoms with Gasteiger partial charge in [-0.15, -0.1) is 0 Å². The number of piperazine rings is 1. The van der Waals surface area contributed by atoms with E-state index < -0.39 is 0 Å². The SMILES string of the molecule is C=C1[C@H](CNC(=O)Cc2ccc(OC)cc2)[C@H]1CN1CCN(c2nsc3ccccc23)CC1. The van der Waals surface area contributed by atoms with Crippen LogP contribution in [-0.2, 0) is 11.2 Å². The first-order valence-electron chi connectivity index (χ1n) is 11.5. The van der Waals surface area contributed by atoms with Crippen molar-refractivity contribution in [2.45, 2.75) is 6.42 Å². The Morgan fingerprint density at radius 2 is 1.88 bits per heavy atom. The number of carbonyl (C=O) groups excluding carboxylic acids is 1. The number of nitrogens with one attached hydrogen (secondary N) is 1. The van der Waals surface area contributed by atoms with E-state index >= 15 is 0 Å². The van der Waals surface area contributed by atoms with Gasteiger partial charge in [-0.25, -0.2) is 0 Å². The van der Waals surface area contributed by atoms with Gasteiger partial charge in [-0.3, -0.25) is 9.69 Å². The lowest BCUT2D eigenvalue weighted by Crippen LogP contribution is -2.47. The molecule has 5 rings (SSSR count). The summed E-state index contributed by atoms with van der Waals surface area (Å²) in [6, 6.07) is 16.1. The van der Waals surface area contributed by atoms with Crippen LogP contribution in [0, 0.1) is 11.8 Å². The van der Waals surface area contributed by atoms with Gasteiger partial charge >= 0.3 is 0 Å². The lowest BCUT2D eigenvalue weighted by Gasteiger charge is -2.35. The summed E-state index contributed by atoms with van der Waals surface area (Å²) in [5.41, 5.74) is 2.26. The van der Waals surface area contributed by atoms with E-state index in [-0.39, 0.29) is 5.91 Å². The predicted octanol–water partition coefficient (Wildman–Crippen LogP) is 3.59. The predicted molar refractivity (Wildman–Crippen MR) is 134 cm³/mol. The maximum atomic E-state index is 12.4. The number of aromatic nitrogens is 1. The molecule has 2 aromatic carbocycles. The molecule has 2 fully saturated rings. The van der Waals surface area contributed by atoms with E-state index in [1.54, 1.807) is 18.6 Å². The number of methoxy groups -OCH3 is 1. The van der Waals surface area contributed by atoms with Crippen molar-refractivity contribution in [3.8, 4) is 5.75 Å². The summed E-state index contributed by atoms with van der Waals surface area (Å²) in [7, 11) is 1.64. The van der Waals surface area contributed by atoms with Gasteiger partial charge in [0.15, 0.2) is 0 Å². The van der Waals surface area contributed by atoms with Gasteiger partial charge in [0.2, 0.25) is 5.91 Å². The fourth-order valence-electron chi connectivity index (χ4n) is 4.70. The minimum atomic E-state index is 0.0581. The third-order valence-electron chi connectivity index (χ3n) is 6.86. The number of amides is 1. The van der Waals surface area contributed by atoms with E-state index in [0.717, 1.165) is 49.9 Å². The Kier molecular flexibility index (Phi) is 6.33. The van der Waals surface area contributed by atoms with Crippen LogP contribution in [0.4, 0.5) is 5.82 Å². The molecule has 7 heteroatoms. The Balaban J connectivity index is 1.06. The summed E-state index contributed by atoms with van der Waals surface area (Å²) in [4.78, 5) is 17.3. The van der Waals surface area contributed by atoms with E-state index in [2.05, 4.69) is 46.0 Å². The molecule has 0 bridgehead atoms. The summed E-state index contributed by atoms with van der Waals surface area (Å²) in [5, 5.41) is 4.36. The highest BCUT2D eigenvalue weighted by molar-refractivity contribution is 7.13. The van der Waals surface area contributed by atoms with Crippen molar-refractivity contribution < 1.29 is 9.53 Å². The van der Waals surface area contributed by atoms with Crippen LogP contribution >= 0.6 is 11.5 Å². The van der Waals surface area contributed by atoms with E-state index in [1.807, 2.05) is 24.3 Å². The molecule has 1 aromatic heterocycles. The molecule has 1 aliphatic heterocycles. The largest absolute Gasteiger partial charge is 0.497 e. The highest BCUT2D eigenvalue weighted by atomic mass is 32.1. The highest BCUT2D eigenvalue weighted by Gasteiger charge is 2.43. The first-order valence-corrected chi connectivity index (χ1v) is 12.3. The fourth-order valence-corrected chi connectivity index (χ4v) is 5.49. The van der Waals surface area contributed by atoms with E-state index in [0.29, 0.717) is 24.8 Å². The van der Waals surface area contributed by atoms with Crippen LogP contribution in [0.2, 0.25) is 0 Å². The summed E-state index contributed by atoms with van der Waals surface area (Å²) >= 11 is 1.58. The zero-order chi connectivity index (χ0) is 22.8. The highest BCUT2D eigenvalue weighted by Crippen LogP contribution is 2.44. The Morgan fingerprint density at radius 3 is 2.64 bits per heavy atom. The molecule has 2 heterocycles. The van der Waals surface area contributed by atoms with Crippen LogP contribution < -0.4 is 15.0 Å². The quantitative estimate of drug-likeness (QED) is 0.519. The lowest BCUT2D eigenvalue weighted by atomic mass is 10.1. The second-order valence-electron chi connectivity index (χ2n) is 8.91. The number of ether oxygens (including phenoxy) is 1. The van der Waals surface area contributed by atoms with Crippen molar-refractivity contribution in [1.82, 2.24) is 14.6 Å². The van der Waals surface area contributed by atoms with Crippen LogP contribution in [-0.4, -0.2) is 61.6 Å². The molecule has 0 unspecified atom stereocenters. The van der Waals surface area contributed by atoms with Crippen LogP contribution in [0.1, 0.15) is 5.56 Å². The van der Waals surface area contributed by atoms with Gasteiger partial charge in [0, 0.05) is 56.5 Å². The van der Waals surface area contributed by atoms with E-state index in [9.17, 15) is 4.79 Å². The maximum absolute atomic E-state index is 12.4. The van der Waals surface area contributed by atoms with Crippen molar-refractivity contribution in [2.75, 3.05) is 51.3 Å². The normalized spacial score (nSPS) is 20.8. The molecule has 0 spiro atoms. The molecule has 33 heavy (non-hydrogen) atoms. The van der Waals surface area contributed by atoms with Gasteiger partial charge in [-0.05, 0) is 41.4 Å².